The maximum absolute atomic E-state index is 14.6. The number of primary amides is 1. The number of aromatic hydroxyl groups is 1. The largest absolute Gasteiger partial charge is 0.508 e. The molecule has 2 aromatic carbocycles. The van der Waals surface area contributed by atoms with Gasteiger partial charge in [0.1, 0.15) is 42.0 Å². The number of guanidine groups is 2. The number of aliphatic imine (C=N–C) groups is 2. The fourth-order valence-corrected chi connectivity index (χ4v) is 7.30. The van der Waals surface area contributed by atoms with Crippen molar-refractivity contribution in [1.29, 1.82) is 0 Å². The lowest BCUT2D eigenvalue weighted by Gasteiger charge is -2.29. The maximum atomic E-state index is 14.6. The minimum atomic E-state index is -1.38. The molecule has 0 saturated carbocycles. The molecule has 388 valence electrons. The van der Waals surface area contributed by atoms with E-state index in [2.05, 4.69) is 41.9 Å². The zero-order chi connectivity index (χ0) is 52.0. The highest BCUT2D eigenvalue weighted by Crippen LogP contribution is 2.15. The van der Waals surface area contributed by atoms with Crippen molar-refractivity contribution in [3.63, 3.8) is 0 Å². The second-order valence-electron chi connectivity index (χ2n) is 17.3. The van der Waals surface area contributed by atoms with E-state index in [1.165, 1.54) is 12.1 Å². The number of carbonyl (C=O) groups is 7. The normalized spacial score (nSPS) is 13.9. The first-order valence-electron chi connectivity index (χ1n) is 24.1. The molecule has 0 saturated heterocycles. The summed E-state index contributed by atoms with van der Waals surface area (Å²) < 4.78 is 0. The second kappa shape index (κ2) is 32.7. The van der Waals surface area contributed by atoms with Gasteiger partial charge >= 0.3 is 0 Å². The van der Waals surface area contributed by atoms with Crippen LogP contribution in [0.15, 0.2) is 64.6 Å². The lowest BCUT2D eigenvalue weighted by molar-refractivity contribution is -0.136. The summed E-state index contributed by atoms with van der Waals surface area (Å²) in [6, 6.07) is 7.59. The van der Waals surface area contributed by atoms with Gasteiger partial charge in [-0.05, 0) is 87.1 Å². The zero-order valence-corrected chi connectivity index (χ0v) is 40.9. The average molecular weight is 979 g/mol. The van der Waals surface area contributed by atoms with E-state index in [1.807, 2.05) is 13.8 Å². The van der Waals surface area contributed by atoms with Gasteiger partial charge in [-0.1, -0.05) is 82.5 Å². The van der Waals surface area contributed by atoms with Crippen molar-refractivity contribution < 1.29 is 38.7 Å². The number of phenolic OH excluding ortho intramolecular Hbond substituents is 1. The highest BCUT2D eigenvalue weighted by molar-refractivity contribution is 5.97. The van der Waals surface area contributed by atoms with Gasteiger partial charge in [-0.2, -0.15) is 0 Å². The van der Waals surface area contributed by atoms with Crippen LogP contribution in [-0.2, 0) is 46.4 Å². The Morgan fingerprint density at radius 2 is 1.01 bits per heavy atom. The van der Waals surface area contributed by atoms with Gasteiger partial charge in [0.05, 0.1) is 0 Å². The van der Waals surface area contributed by atoms with E-state index in [0.717, 1.165) is 12.8 Å². The molecule has 7 unspecified atom stereocenters. The van der Waals surface area contributed by atoms with Crippen LogP contribution in [-0.4, -0.2) is 114 Å². The van der Waals surface area contributed by atoms with Crippen LogP contribution in [0.4, 0.5) is 0 Å². The lowest BCUT2D eigenvalue weighted by atomic mass is 9.96. The molecule has 0 aliphatic carbocycles. The molecule has 0 heterocycles. The topological polar surface area (TPSA) is 393 Å². The number of hydrogen-bond acceptors (Lipinski definition) is 11. The second-order valence-corrected chi connectivity index (χ2v) is 17.3. The molecule has 7 atom stereocenters. The first-order valence-corrected chi connectivity index (χ1v) is 24.1. The summed E-state index contributed by atoms with van der Waals surface area (Å²) >= 11 is 0. The number of rotatable bonds is 34. The zero-order valence-electron chi connectivity index (χ0n) is 40.9. The molecule has 0 aliphatic heterocycles. The predicted octanol–water partition coefficient (Wildman–Crippen LogP) is -0.566. The standard InChI is InChI=1S/C48H78N14O8/c1-4-6-8-20-39(64)57-35(18-13-26-55-47(51)52)42(66)60-37(28-31-15-9-7-10-16-31)45(69)61-38(29-32-21-23-33(63)24-22-32)44(68)59-36(19-14-27-56-48(53)54)43(67)62-40(30(3)5-2)46(70)58-34(41(50)65)17-11-12-25-49/h7,9-10,15-16,21-24,30,34-38,40,63H,4-6,8,11-14,17-20,25-29,49H2,1-3H3,(H2,50,65)(H,57,64)(H,58,70)(H,59,68)(H,60,66)(H,61,69)(H,62,67)(H4,51,52,55)(H4,53,54,56). The van der Waals surface area contributed by atoms with Gasteiger partial charge in [0.25, 0.3) is 0 Å². The molecule has 0 bridgehead atoms. The van der Waals surface area contributed by atoms with E-state index in [9.17, 15) is 38.7 Å². The maximum Gasteiger partial charge on any atom is 0.243 e. The van der Waals surface area contributed by atoms with Crippen LogP contribution in [0.2, 0.25) is 0 Å². The number of carbonyl (C=O) groups excluding carboxylic acids is 7. The SMILES string of the molecule is CCCCCC(=O)NC(CCCN=C(N)N)C(=O)NC(Cc1ccccc1)C(=O)NC(Cc1ccc(O)cc1)C(=O)NC(CCCN=C(N)N)C(=O)NC(C(=O)NC(CCCCN)C(N)=O)C(C)CC. The number of unbranched alkanes of at least 4 members (excludes halogenated alkanes) is 3. The number of nitrogens with one attached hydrogen (secondary N) is 6. The van der Waals surface area contributed by atoms with Gasteiger partial charge in [-0.3, -0.25) is 43.5 Å². The molecule has 19 N–H and O–H groups in total. The van der Waals surface area contributed by atoms with Gasteiger partial charge in [0, 0.05) is 32.4 Å². The van der Waals surface area contributed by atoms with Gasteiger partial charge in [-0.15, -0.1) is 0 Å². The van der Waals surface area contributed by atoms with E-state index in [0.29, 0.717) is 49.8 Å². The molecule has 70 heavy (non-hydrogen) atoms. The Balaban J connectivity index is 2.56. The monoisotopic (exact) mass is 979 g/mol. The first-order chi connectivity index (χ1) is 33.4. The molecule has 22 heteroatoms. The predicted molar refractivity (Wildman–Crippen MR) is 269 cm³/mol. The Hall–Kier alpha value is -6.97. The highest BCUT2D eigenvalue weighted by atomic mass is 16.3. The first kappa shape index (κ1) is 59.2. The summed E-state index contributed by atoms with van der Waals surface area (Å²) in [6.07, 6.45) is 4.82. The Kier molecular flexibility index (Phi) is 27.7. The molecule has 2 rings (SSSR count). The van der Waals surface area contributed by atoms with Crippen molar-refractivity contribution in [2.24, 2.45) is 50.3 Å². The number of nitrogens with zero attached hydrogens (tertiary/aromatic N) is 2. The smallest absolute Gasteiger partial charge is 0.243 e. The van der Waals surface area contributed by atoms with Crippen molar-refractivity contribution in [3.05, 3.63) is 65.7 Å². The summed E-state index contributed by atoms with van der Waals surface area (Å²) in [7, 11) is 0. The van der Waals surface area contributed by atoms with Crippen molar-refractivity contribution in [2.45, 2.75) is 147 Å². The summed E-state index contributed by atoms with van der Waals surface area (Å²) in [5, 5.41) is 26.6. The van der Waals surface area contributed by atoms with Crippen LogP contribution in [0.1, 0.15) is 109 Å². The molecule has 0 spiro atoms. The Morgan fingerprint density at radius 1 is 0.543 bits per heavy atom. The third-order valence-electron chi connectivity index (χ3n) is 11.5. The number of nitrogens with two attached hydrogens (primary N) is 6. The number of benzene rings is 2. The minimum Gasteiger partial charge on any atom is -0.508 e. The van der Waals surface area contributed by atoms with Crippen molar-refractivity contribution in [3.8, 4) is 5.75 Å². The van der Waals surface area contributed by atoms with Crippen LogP contribution in [0, 0.1) is 5.92 Å². The number of phenols is 1. The van der Waals surface area contributed by atoms with Crippen LogP contribution in [0.5, 0.6) is 5.75 Å². The Labute approximate surface area is 411 Å². The highest BCUT2D eigenvalue weighted by Gasteiger charge is 2.35. The molecule has 22 nitrogen and oxygen atoms in total. The third-order valence-corrected chi connectivity index (χ3v) is 11.5. The van der Waals surface area contributed by atoms with Crippen molar-refractivity contribution >= 4 is 53.3 Å². The van der Waals surface area contributed by atoms with Crippen LogP contribution in [0.3, 0.4) is 0 Å². The van der Waals surface area contributed by atoms with E-state index < -0.39 is 77.6 Å². The Morgan fingerprint density at radius 3 is 1.51 bits per heavy atom. The summed E-state index contributed by atoms with van der Waals surface area (Å²) in [5.41, 5.74) is 34.5. The van der Waals surface area contributed by atoms with Gasteiger partial charge in [0.2, 0.25) is 41.4 Å². The quantitative estimate of drug-likeness (QED) is 0.0238. The van der Waals surface area contributed by atoms with Crippen molar-refractivity contribution in [2.75, 3.05) is 19.6 Å². The Bertz CT molecular complexity index is 2010. The molecule has 0 fully saturated rings. The molecule has 2 aromatic rings. The average Bonchev–Trinajstić information content (AvgIpc) is 3.32. The molecule has 0 aromatic heterocycles. The summed E-state index contributed by atoms with van der Waals surface area (Å²) in [5.74, 6) is -5.50. The van der Waals surface area contributed by atoms with Gasteiger partial charge in [-0.25, -0.2) is 0 Å². The third kappa shape index (κ3) is 23.4. The molecule has 7 amide bonds. The number of amides is 7. The van der Waals surface area contributed by atoms with Crippen LogP contribution in [0.25, 0.3) is 0 Å². The number of hydrogen-bond donors (Lipinski definition) is 13. The lowest BCUT2D eigenvalue weighted by Crippen LogP contribution is -2.61. The molecular weight excluding hydrogens is 901 g/mol. The van der Waals surface area contributed by atoms with Crippen molar-refractivity contribution in [1.82, 2.24) is 31.9 Å². The minimum absolute atomic E-state index is 0.0182. The van der Waals surface area contributed by atoms with Crippen LogP contribution >= 0.6 is 0 Å². The van der Waals surface area contributed by atoms with E-state index in [-0.39, 0.29) is 81.6 Å². The summed E-state index contributed by atoms with van der Waals surface area (Å²) in [4.78, 5) is 105. The van der Waals surface area contributed by atoms with E-state index in [1.54, 1.807) is 49.4 Å². The fourth-order valence-electron chi connectivity index (χ4n) is 7.30. The molecule has 0 aliphatic rings. The van der Waals surface area contributed by atoms with E-state index in [4.69, 9.17) is 34.4 Å². The summed E-state index contributed by atoms with van der Waals surface area (Å²) in [6.45, 7) is 6.23. The molecular formula is C48H78N14O8. The van der Waals surface area contributed by atoms with Gasteiger partial charge in [0.15, 0.2) is 11.9 Å². The van der Waals surface area contributed by atoms with Gasteiger partial charge < -0.3 is 71.4 Å². The molecule has 0 radical (unpaired) electrons. The fraction of sp³-hybridized carbons (Fsp3) is 0.562. The van der Waals surface area contributed by atoms with Crippen LogP contribution < -0.4 is 66.3 Å². The van der Waals surface area contributed by atoms with E-state index >= 15 is 0 Å².